The first-order valence-electron chi connectivity index (χ1n) is 11.6. The van der Waals surface area contributed by atoms with Gasteiger partial charge >= 0.3 is 6.03 Å². The van der Waals surface area contributed by atoms with E-state index in [1.165, 1.54) is 13.2 Å². The highest BCUT2D eigenvalue weighted by Crippen LogP contribution is 2.35. The number of amides is 5. The molecule has 5 amide bonds. The first-order valence-corrected chi connectivity index (χ1v) is 13.5. The van der Waals surface area contributed by atoms with Gasteiger partial charge in [-0.25, -0.2) is 9.69 Å². The summed E-state index contributed by atoms with van der Waals surface area (Å²) in [5.74, 6) is -1.28. The van der Waals surface area contributed by atoms with Gasteiger partial charge in [0, 0.05) is 10.2 Å². The average Bonchev–Trinajstić information content (AvgIpc) is 2.88. The molecule has 0 aliphatic carbocycles. The fourth-order valence-electron chi connectivity index (χ4n) is 3.77. The van der Waals surface area contributed by atoms with Crippen molar-refractivity contribution in [3.63, 3.8) is 0 Å². The maximum atomic E-state index is 13.2. The summed E-state index contributed by atoms with van der Waals surface area (Å²) in [4.78, 5) is 51.6. The molecule has 1 aliphatic rings. The Morgan fingerprint density at radius 3 is 2.44 bits per heavy atom. The van der Waals surface area contributed by atoms with Gasteiger partial charge in [-0.2, -0.15) is 0 Å². The number of halogens is 2. The van der Waals surface area contributed by atoms with Crippen molar-refractivity contribution in [3.8, 4) is 11.5 Å². The molecular weight excluding hydrogens is 681 g/mol. The molecule has 11 heteroatoms. The number of hydrogen-bond acceptors (Lipinski definition) is 6. The lowest BCUT2D eigenvalue weighted by atomic mass is 10.1. The van der Waals surface area contributed by atoms with Crippen LogP contribution in [0.3, 0.4) is 0 Å². The van der Waals surface area contributed by atoms with Crippen LogP contribution in [0, 0.1) is 17.4 Å². The zero-order valence-corrected chi connectivity index (χ0v) is 24.9. The number of rotatable bonds is 7. The first kappa shape index (κ1) is 28.3. The Morgan fingerprint density at radius 1 is 1.05 bits per heavy atom. The lowest BCUT2D eigenvalue weighted by Crippen LogP contribution is -2.54. The molecule has 200 valence electrons. The summed E-state index contributed by atoms with van der Waals surface area (Å²) in [6.07, 6.45) is 1.37. The number of methoxy groups -OCH3 is 1. The number of benzene rings is 3. The number of urea groups is 1. The lowest BCUT2D eigenvalue weighted by Gasteiger charge is -2.26. The minimum atomic E-state index is -0.834. The average molecular weight is 704 g/mol. The summed E-state index contributed by atoms with van der Waals surface area (Å²) >= 11 is 5.33. The van der Waals surface area contributed by atoms with Crippen LogP contribution in [0.25, 0.3) is 6.08 Å². The lowest BCUT2D eigenvalue weighted by molar-refractivity contribution is -0.122. The molecular formula is C28H23BrIN3O6. The zero-order chi connectivity index (χ0) is 28.3. The van der Waals surface area contributed by atoms with Crippen LogP contribution in [0.15, 0.2) is 64.6 Å². The van der Waals surface area contributed by atoms with E-state index < -0.39 is 17.8 Å². The van der Waals surface area contributed by atoms with E-state index in [1.54, 1.807) is 36.4 Å². The third kappa shape index (κ3) is 6.48. The SMILES string of the molecule is COc1cc(/C=C2\C(=O)NC(=O)N(c3ccc(Br)cc3)C2=O)cc(I)c1OCC(=O)Nc1ccc(C)c(C)c1. The number of imide groups is 2. The fourth-order valence-corrected chi connectivity index (χ4v) is 4.81. The van der Waals surface area contributed by atoms with Crippen molar-refractivity contribution in [3.05, 3.63) is 84.9 Å². The van der Waals surface area contributed by atoms with Crippen molar-refractivity contribution in [2.24, 2.45) is 0 Å². The third-order valence-corrected chi connectivity index (χ3v) is 7.22. The number of hydrogen-bond donors (Lipinski definition) is 2. The van der Waals surface area contributed by atoms with Crippen molar-refractivity contribution >= 4 is 79.7 Å². The molecule has 0 spiro atoms. The van der Waals surface area contributed by atoms with Gasteiger partial charge in [0.2, 0.25) is 0 Å². The van der Waals surface area contributed by atoms with Crippen LogP contribution in [0.4, 0.5) is 16.2 Å². The summed E-state index contributed by atoms with van der Waals surface area (Å²) in [5.41, 5.74) is 3.40. The highest BCUT2D eigenvalue weighted by molar-refractivity contribution is 14.1. The molecule has 0 bridgehead atoms. The number of aryl methyl sites for hydroxylation is 2. The van der Waals surface area contributed by atoms with Crippen LogP contribution in [0.5, 0.6) is 11.5 Å². The number of nitrogens with zero attached hydrogens (tertiary/aromatic N) is 1. The van der Waals surface area contributed by atoms with Crippen molar-refractivity contribution in [2.75, 3.05) is 23.9 Å². The topological polar surface area (TPSA) is 114 Å². The van der Waals surface area contributed by atoms with E-state index in [9.17, 15) is 19.2 Å². The maximum Gasteiger partial charge on any atom is 0.335 e. The van der Waals surface area contributed by atoms with E-state index in [0.717, 1.165) is 20.5 Å². The largest absolute Gasteiger partial charge is 0.493 e. The molecule has 3 aromatic rings. The van der Waals surface area contributed by atoms with Crippen LogP contribution >= 0.6 is 38.5 Å². The van der Waals surface area contributed by atoms with Crippen molar-refractivity contribution in [1.29, 1.82) is 0 Å². The number of barbiturate groups is 1. The summed E-state index contributed by atoms with van der Waals surface area (Å²) in [6.45, 7) is 3.70. The molecule has 1 heterocycles. The van der Waals surface area contributed by atoms with E-state index in [-0.39, 0.29) is 18.1 Å². The molecule has 3 aromatic carbocycles. The molecule has 9 nitrogen and oxygen atoms in total. The van der Waals surface area contributed by atoms with Crippen LogP contribution in [-0.2, 0) is 14.4 Å². The molecule has 1 fully saturated rings. The van der Waals surface area contributed by atoms with Gasteiger partial charge in [0.25, 0.3) is 17.7 Å². The number of anilines is 2. The Bertz CT molecular complexity index is 1520. The minimum Gasteiger partial charge on any atom is -0.493 e. The van der Waals surface area contributed by atoms with Gasteiger partial charge in [0.05, 0.1) is 16.4 Å². The van der Waals surface area contributed by atoms with E-state index in [4.69, 9.17) is 9.47 Å². The van der Waals surface area contributed by atoms with Crippen LogP contribution < -0.4 is 25.0 Å². The van der Waals surface area contributed by atoms with Crippen LogP contribution in [-0.4, -0.2) is 37.5 Å². The minimum absolute atomic E-state index is 0.225. The molecule has 39 heavy (non-hydrogen) atoms. The van der Waals surface area contributed by atoms with Gasteiger partial charge in [-0.15, -0.1) is 0 Å². The van der Waals surface area contributed by atoms with E-state index in [2.05, 4.69) is 26.6 Å². The highest BCUT2D eigenvalue weighted by atomic mass is 127. The van der Waals surface area contributed by atoms with Gasteiger partial charge in [0.15, 0.2) is 18.1 Å². The number of carbonyl (C=O) groups is 4. The standard InChI is InChI=1S/C28H23BrIN3O6/c1-15-4-7-19(10-16(15)2)31-24(34)14-39-25-22(30)12-17(13-23(25)38-3)11-21-26(35)32-28(37)33(27(21)36)20-8-5-18(29)6-9-20/h4-13H,14H2,1-3H3,(H,31,34)(H,32,35,37)/b21-11+. The van der Waals surface area contributed by atoms with Gasteiger partial charge in [0.1, 0.15) is 5.57 Å². The Labute approximate surface area is 246 Å². The first-order chi connectivity index (χ1) is 18.6. The third-order valence-electron chi connectivity index (χ3n) is 5.89. The molecule has 2 N–H and O–H groups in total. The Hall–Kier alpha value is -3.71. The molecule has 0 radical (unpaired) electrons. The predicted molar refractivity (Wildman–Crippen MR) is 159 cm³/mol. The highest BCUT2D eigenvalue weighted by Gasteiger charge is 2.36. The van der Waals surface area contributed by atoms with Crippen molar-refractivity contribution in [2.45, 2.75) is 13.8 Å². The number of ether oxygens (including phenoxy) is 2. The Kier molecular flexibility index (Phi) is 8.70. The smallest absolute Gasteiger partial charge is 0.335 e. The van der Waals surface area contributed by atoms with Crippen molar-refractivity contribution in [1.82, 2.24) is 5.32 Å². The van der Waals surface area contributed by atoms with E-state index in [0.29, 0.717) is 32.0 Å². The van der Waals surface area contributed by atoms with Gasteiger partial charge in [-0.05, 0) is 108 Å². The number of nitrogens with one attached hydrogen (secondary N) is 2. The van der Waals surface area contributed by atoms with Crippen LogP contribution in [0.1, 0.15) is 16.7 Å². The monoisotopic (exact) mass is 703 g/mol. The molecule has 1 aliphatic heterocycles. The summed E-state index contributed by atoms with van der Waals surface area (Å²) in [6, 6.07) is 14.6. The maximum absolute atomic E-state index is 13.2. The Balaban J connectivity index is 1.54. The molecule has 4 rings (SSSR count). The normalized spacial score (nSPS) is 14.3. The van der Waals surface area contributed by atoms with E-state index in [1.807, 2.05) is 54.6 Å². The molecule has 0 unspecified atom stereocenters. The molecule has 0 saturated carbocycles. The number of carbonyl (C=O) groups excluding carboxylic acids is 4. The summed E-state index contributed by atoms with van der Waals surface area (Å²) in [5, 5.41) is 5.01. The van der Waals surface area contributed by atoms with Gasteiger partial charge in [-0.3, -0.25) is 19.7 Å². The van der Waals surface area contributed by atoms with Gasteiger partial charge in [-0.1, -0.05) is 22.0 Å². The molecule has 1 saturated heterocycles. The van der Waals surface area contributed by atoms with E-state index >= 15 is 0 Å². The van der Waals surface area contributed by atoms with Crippen LogP contribution in [0.2, 0.25) is 0 Å². The molecule has 0 atom stereocenters. The predicted octanol–water partition coefficient (Wildman–Crippen LogP) is 5.36. The quantitative estimate of drug-likeness (QED) is 0.195. The summed E-state index contributed by atoms with van der Waals surface area (Å²) < 4.78 is 12.6. The fraction of sp³-hybridized carbons (Fsp3) is 0.143. The second kappa shape index (κ2) is 12.0. The van der Waals surface area contributed by atoms with Crippen molar-refractivity contribution < 1.29 is 28.7 Å². The Morgan fingerprint density at radius 2 is 1.77 bits per heavy atom. The summed E-state index contributed by atoms with van der Waals surface area (Å²) in [7, 11) is 1.44. The zero-order valence-electron chi connectivity index (χ0n) is 21.1. The van der Waals surface area contributed by atoms with Gasteiger partial charge < -0.3 is 14.8 Å². The second-order valence-electron chi connectivity index (χ2n) is 8.60. The second-order valence-corrected chi connectivity index (χ2v) is 10.7. The molecule has 0 aromatic heterocycles.